The monoisotopic (exact) mass is 354 g/mol. The lowest BCUT2D eigenvalue weighted by atomic mass is 10.1. The molecule has 0 bridgehead atoms. The maximum atomic E-state index is 13.5. The molecule has 1 heterocycles. The zero-order chi connectivity index (χ0) is 18.7. The number of halogens is 1. The molecule has 1 aliphatic rings. The van der Waals surface area contributed by atoms with Gasteiger partial charge in [0.1, 0.15) is 5.82 Å². The average molecular weight is 354 g/mol. The van der Waals surface area contributed by atoms with Gasteiger partial charge in [-0.3, -0.25) is 19.3 Å². The average Bonchev–Trinajstić information content (AvgIpc) is 2.88. The van der Waals surface area contributed by atoms with Gasteiger partial charge in [0.15, 0.2) is 0 Å². The van der Waals surface area contributed by atoms with Gasteiger partial charge >= 0.3 is 0 Å². The standard InChI is InChI=1S/C20H19FN2O3/c1-13-8-9-14(11-17(13)21)12-22-18(24)7-4-10-23-19(25)15-5-2-3-6-16(15)20(23)26/h2-3,5-6,8-9,11H,4,7,10,12H2,1H3,(H,22,24). The highest BCUT2D eigenvalue weighted by atomic mass is 19.1. The number of aryl methyl sites for hydroxylation is 1. The first-order chi connectivity index (χ1) is 12.5. The summed E-state index contributed by atoms with van der Waals surface area (Å²) in [7, 11) is 0. The van der Waals surface area contributed by atoms with E-state index in [-0.39, 0.29) is 43.0 Å². The molecule has 1 N–H and O–H groups in total. The van der Waals surface area contributed by atoms with Crippen molar-refractivity contribution in [2.75, 3.05) is 6.54 Å². The van der Waals surface area contributed by atoms with E-state index in [1.54, 1.807) is 43.3 Å². The van der Waals surface area contributed by atoms with Crippen LogP contribution in [0.25, 0.3) is 0 Å². The van der Waals surface area contributed by atoms with Crippen molar-refractivity contribution in [3.8, 4) is 0 Å². The van der Waals surface area contributed by atoms with Crippen LogP contribution in [0.2, 0.25) is 0 Å². The molecule has 2 aromatic carbocycles. The van der Waals surface area contributed by atoms with E-state index in [1.807, 2.05) is 0 Å². The lowest BCUT2D eigenvalue weighted by Gasteiger charge is -2.13. The number of nitrogens with one attached hydrogen (secondary N) is 1. The van der Waals surface area contributed by atoms with Gasteiger partial charge in [-0.15, -0.1) is 0 Å². The molecule has 0 unspecified atom stereocenters. The van der Waals surface area contributed by atoms with Crippen LogP contribution in [0.5, 0.6) is 0 Å². The van der Waals surface area contributed by atoms with Crippen LogP contribution in [0.15, 0.2) is 42.5 Å². The molecule has 0 spiro atoms. The Kier molecular flexibility index (Phi) is 5.11. The van der Waals surface area contributed by atoms with Crippen LogP contribution in [-0.4, -0.2) is 29.2 Å². The number of carbonyl (C=O) groups is 3. The Morgan fingerprint density at radius 2 is 1.73 bits per heavy atom. The minimum absolute atomic E-state index is 0.182. The zero-order valence-corrected chi connectivity index (χ0v) is 14.4. The Hall–Kier alpha value is -3.02. The highest BCUT2D eigenvalue weighted by Crippen LogP contribution is 2.22. The van der Waals surface area contributed by atoms with Gasteiger partial charge in [0.25, 0.3) is 11.8 Å². The van der Waals surface area contributed by atoms with Crippen molar-refractivity contribution in [1.82, 2.24) is 10.2 Å². The van der Waals surface area contributed by atoms with Crippen LogP contribution >= 0.6 is 0 Å². The first kappa shape index (κ1) is 17.8. The number of imide groups is 1. The lowest BCUT2D eigenvalue weighted by Crippen LogP contribution is -2.32. The van der Waals surface area contributed by atoms with Gasteiger partial charge in [-0.25, -0.2) is 4.39 Å². The summed E-state index contributed by atoms with van der Waals surface area (Å²) < 4.78 is 13.5. The fourth-order valence-electron chi connectivity index (χ4n) is 2.88. The minimum atomic E-state index is -0.318. The molecule has 6 heteroatoms. The van der Waals surface area contributed by atoms with Gasteiger partial charge in [-0.05, 0) is 42.7 Å². The predicted molar refractivity (Wildman–Crippen MR) is 94.0 cm³/mol. The first-order valence-corrected chi connectivity index (χ1v) is 8.44. The van der Waals surface area contributed by atoms with Gasteiger partial charge < -0.3 is 5.32 Å². The van der Waals surface area contributed by atoms with Crippen LogP contribution in [0.1, 0.15) is 44.7 Å². The number of nitrogens with zero attached hydrogens (tertiary/aromatic N) is 1. The molecule has 134 valence electrons. The minimum Gasteiger partial charge on any atom is -0.352 e. The topological polar surface area (TPSA) is 66.5 Å². The smallest absolute Gasteiger partial charge is 0.261 e. The second kappa shape index (κ2) is 7.47. The van der Waals surface area contributed by atoms with Gasteiger partial charge in [0.05, 0.1) is 11.1 Å². The van der Waals surface area contributed by atoms with E-state index < -0.39 is 0 Å². The number of carbonyl (C=O) groups excluding carboxylic acids is 3. The molecule has 26 heavy (non-hydrogen) atoms. The van der Waals surface area contributed by atoms with Crippen molar-refractivity contribution < 1.29 is 18.8 Å². The third-order valence-corrected chi connectivity index (χ3v) is 4.39. The number of benzene rings is 2. The molecule has 1 aliphatic heterocycles. The van der Waals surface area contributed by atoms with Crippen LogP contribution in [0, 0.1) is 12.7 Å². The van der Waals surface area contributed by atoms with Crippen molar-refractivity contribution in [2.24, 2.45) is 0 Å². The summed E-state index contributed by atoms with van der Waals surface area (Å²) >= 11 is 0. The highest BCUT2D eigenvalue weighted by molar-refractivity contribution is 6.21. The first-order valence-electron chi connectivity index (χ1n) is 8.44. The van der Waals surface area contributed by atoms with Crippen molar-refractivity contribution in [3.05, 3.63) is 70.5 Å². The summed E-state index contributed by atoms with van der Waals surface area (Å²) in [6.07, 6.45) is 0.557. The predicted octanol–water partition coefficient (Wildman–Crippen LogP) is 2.83. The van der Waals surface area contributed by atoms with E-state index in [2.05, 4.69) is 5.32 Å². The molecule has 3 rings (SSSR count). The quantitative estimate of drug-likeness (QED) is 0.811. The van der Waals surface area contributed by atoms with Gasteiger partial charge in [-0.2, -0.15) is 0 Å². The Balaban J connectivity index is 1.46. The van der Waals surface area contributed by atoms with Crippen molar-refractivity contribution in [2.45, 2.75) is 26.3 Å². The van der Waals surface area contributed by atoms with Crippen molar-refractivity contribution >= 4 is 17.7 Å². The summed E-state index contributed by atoms with van der Waals surface area (Å²) in [5.41, 5.74) is 2.05. The number of fused-ring (bicyclic) bond motifs is 1. The van der Waals surface area contributed by atoms with Crippen LogP contribution in [0.4, 0.5) is 4.39 Å². The largest absolute Gasteiger partial charge is 0.352 e. The second-order valence-electron chi connectivity index (χ2n) is 6.27. The van der Waals surface area contributed by atoms with E-state index in [1.165, 1.54) is 11.0 Å². The summed E-state index contributed by atoms with van der Waals surface area (Å²) in [6, 6.07) is 11.5. The van der Waals surface area contributed by atoms with E-state index in [0.29, 0.717) is 28.7 Å². The fraction of sp³-hybridized carbons (Fsp3) is 0.250. The van der Waals surface area contributed by atoms with Crippen LogP contribution in [0.3, 0.4) is 0 Å². The highest BCUT2D eigenvalue weighted by Gasteiger charge is 2.34. The third-order valence-electron chi connectivity index (χ3n) is 4.39. The second-order valence-corrected chi connectivity index (χ2v) is 6.27. The Bertz CT molecular complexity index is 844. The molecular formula is C20H19FN2O3. The number of hydrogen-bond acceptors (Lipinski definition) is 3. The molecule has 0 saturated heterocycles. The molecular weight excluding hydrogens is 335 g/mol. The van der Waals surface area contributed by atoms with Crippen molar-refractivity contribution in [1.29, 1.82) is 0 Å². The summed E-state index contributed by atoms with van der Waals surface area (Å²) in [6.45, 7) is 2.11. The summed E-state index contributed by atoms with van der Waals surface area (Å²) in [5.74, 6) is -1.15. The van der Waals surface area contributed by atoms with E-state index in [4.69, 9.17) is 0 Å². The van der Waals surface area contributed by atoms with E-state index in [0.717, 1.165) is 0 Å². The molecule has 2 aromatic rings. The normalized spacial score (nSPS) is 13.1. The maximum absolute atomic E-state index is 13.5. The SMILES string of the molecule is Cc1ccc(CNC(=O)CCCN2C(=O)c3ccccc3C2=O)cc1F. The molecule has 0 fully saturated rings. The Morgan fingerprint density at radius 3 is 2.35 bits per heavy atom. The molecule has 0 aliphatic carbocycles. The molecule has 5 nitrogen and oxygen atoms in total. The third kappa shape index (κ3) is 3.64. The molecule has 0 radical (unpaired) electrons. The Labute approximate surface area is 150 Å². The number of hydrogen-bond donors (Lipinski definition) is 1. The van der Waals surface area contributed by atoms with Gasteiger partial charge in [0, 0.05) is 19.5 Å². The maximum Gasteiger partial charge on any atom is 0.261 e. The van der Waals surface area contributed by atoms with Gasteiger partial charge in [-0.1, -0.05) is 24.3 Å². The summed E-state index contributed by atoms with van der Waals surface area (Å²) in [4.78, 5) is 37.5. The van der Waals surface area contributed by atoms with Crippen molar-refractivity contribution in [3.63, 3.8) is 0 Å². The lowest BCUT2D eigenvalue weighted by molar-refractivity contribution is -0.121. The van der Waals surface area contributed by atoms with Crippen LogP contribution < -0.4 is 5.32 Å². The van der Waals surface area contributed by atoms with Gasteiger partial charge in [0.2, 0.25) is 5.91 Å². The molecule has 0 saturated carbocycles. The van der Waals surface area contributed by atoms with Crippen LogP contribution in [-0.2, 0) is 11.3 Å². The number of amides is 3. The Morgan fingerprint density at radius 1 is 1.08 bits per heavy atom. The molecule has 0 aromatic heterocycles. The number of rotatable bonds is 6. The van der Waals surface area contributed by atoms with E-state index >= 15 is 0 Å². The molecule has 0 atom stereocenters. The fourth-order valence-corrected chi connectivity index (χ4v) is 2.88. The summed E-state index contributed by atoms with van der Waals surface area (Å²) in [5, 5.41) is 2.72. The zero-order valence-electron chi connectivity index (χ0n) is 14.4. The van der Waals surface area contributed by atoms with E-state index in [9.17, 15) is 18.8 Å². The molecule has 3 amide bonds.